The van der Waals surface area contributed by atoms with E-state index in [4.69, 9.17) is 9.15 Å². The number of Topliss-reactive ketones (excluding diaryl/α,β-unsaturated/α-hetero) is 1. The van der Waals surface area contributed by atoms with Crippen LogP contribution in [0, 0.1) is 6.92 Å². The summed E-state index contributed by atoms with van der Waals surface area (Å²) in [6, 6.07) is 6.54. The molecule has 5 heteroatoms. The van der Waals surface area contributed by atoms with Crippen molar-refractivity contribution in [3.05, 3.63) is 52.7 Å². The molecule has 0 radical (unpaired) electrons. The van der Waals surface area contributed by atoms with Crippen molar-refractivity contribution in [2.45, 2.75) is 13.5 Å². The summed E-state index contributed by atoms with van der Waals surface area (Å²) in [7, 11) is 3.88. The zero-order valence-electron chi connectivity index (χ0n) is 12.7. The first-order valence-corrected chi connectivity index (χ1v) is 7.08. The molecule has 1 aromatic carbocycles. The summed E-state index contributed by atoms with van der Waals surface area (Å²) < 4.78 is 11.1. The van der Waals surface area contributed by atoms with Gasteiger partial charge in [-0.3, -0.25) is 4.79 Å². The van der Waals surface area contributed by atoms with E-state index in [2.05, 4.69) is 0 Å². The number of ether oxygens (including phenoxy) is 1. The lowest BCUT2D eigenvalue weighted by Gasteiger charge is -2.17. The van der Waals surface area contributed by atoms with Crippen LogP contribution in [0.5, 0.6) is 11.5 Å². The molecule has 22 heavy (non-hydrogen) atoms. The second-order valence-corrected chi connectivity index (χ2v) is 5.69. The van der Waals surface area contributed by atoms with Crippen molar-refractivity contribution in [3.63, 3.8) is 0 Å². The first kappa shape index (κ1) is 14.4. The van der Waals surface area contributed by atoms with E-state index in [0.29, 0.717) is 29.2 Å². The third-order valence-electron chi connectivity index (χ3n) is 3.46. The molecule has 0 saturated heterocycles. The number of furan rings is 1. The van der Waals surface area contributed by atoms with Gasteiger partial charge in [-0.25, -0.2) is 0 Å². The lowest BCUT2D eigenvalue weighted by Crippen LogP contribution is -3.04. The Morgan fingerprint density at radius 3 is 2.64 bits per heavy atom. The van der Waals surface area contributed by atoms with Crippen LogP contribution in [0.25, 0.3) is 6.08 Å². The van der Waals surface area contributed by atoms with Gasteiger partial charge in [0.15, 0.2) is 5.76 Å². The molecule has 5 nitrogen and oxygen atoms in total. The number of quaternary nitrogens is 1. The second kappa shape index (κ2) is 5.35. The Morgan fingerprint density at radius 1 is 1.23 bits per heavy atom. The monoisotopic (exact) mass is 299 g/mol. The first-order chi connectivity index (χ1) is 10.5. The molecule has 0 unspecified atom stereocenters. The molecule has 114 valence electrons. The fourth-order valence-electron chi connectivity index (χ4n) is 2.47. The van der Waals surface area contributed by atoms with Gasteiger partial charge in [0, 0.05) is 11.6 Å². The van der Waals surface area contributed by atoms with Crippen molar-refractivity contribution >= 4 is 11.9 Å². The van der Waals surface area contributed by atoms with Gasteiger partial charge >= 0.3 is 0 Å². The quantitative estimate of drug-likeness (QED) is 0.856. The molecule has 1 aromatic heterocycles. The van der Waals surface area contributed by atoms with E-state index in [9.17, 15) is 9.90 Å². The number of aryl methyl sites for hydroxylation is 1. The summed E-state index contributed by atoms with van der Waals surface area (Å²) >= 11 is 0. The number of allylic oxidation sites excluding steroid dienone is 1. The van der Waals surface area contributed by atoms with Crippen LogP contribution in [0.4, 0.5) is 0 Å². The van der Waals surface area contributed by atoms with E-state index in [-0.39, 0.29) is 17.3 Å². The number of hydrogen-bond acceptors (Lipinski definition) is 4. The number of rotatable bonds is 3. The van der Waals surface area contributed by atoms with Gasteiger partial charge in [-0.1, -0.05) is 11.8 Å². The van der Waals surface area contributed by atoms with Gasteiger partial charge in [-0.2, -0.15) is 0 Å². The minimum Gasteiger partial charge on any atom is -0.872 e. The van der Waals surface area contributed by atoms with Gasteiger partial charge in [0.25, 0.3) is 0 Å². The summed E-state index contributed by atoms with van der Waals surface area (Å²) in [4.78, 5) is 13.5. The smallest absolute Gasteiger partial charge is 0.232 e. The van der Waals surface area contributed by atoms with Gasteiger partial charge in [-0.05, 0) is 25.1 Å². The molecule has 1 aliphatic heterocycles. The largest absolute Gasteiger partial charge is 0.872 e. The number of nitrogens with one attached hydrogen (secondary N) is 1. The average Bonchev–Trinajstić information content (AvgIpc) is 2.99. The molecule has 2 heterocycles. The molecule has 1 aliphatic rings. The van der Waals surface area contributed by atoms with Crippen molar-refractivity contribution in [2.24, 2.45) is 0 Å². The van der Waals surface area contributed by atoms with E-state index in [1.165, 1.54) is 12.1 Å². The highest BCUT2D eigenvalue weighted by Gasteiger charge is 2.30. The molecular weight excluding hydrogens is 282 g/mol. The lowest BCUT2D eigenvalue weighted by atomic mass is 10.0. The molecule has 0 saturated carbocycles. The number of hydrogen-bond donors (Lipinski definition) is 1. The fourth-order valence-corrected chi connectivity index (χ4v) is 2.47. The Bertz CT molecular complexity index is 771. The van der Waals surface area contributed by atoms with Crippen LogP contribution in [0.1, 0.15) is 27.4 Å². The molecule has 0 spiro atoms. The zero-order chi connectivity index (χ0) is 15.9. The van der Waals surface area contributed by atoms with Gasteiger partial charge in [-0.15, -0.1) is 0 Å². The van der Waals surface area contributed by atoms with Crippen molar-refractivity contribution < 1.29 is 24.0 Å². The topological polar surface area (TPSA) is 66.9 Å². The number of fused-ring (bicyclic) bond motifs is 1. The summed E-state index contributed by atoms with van der Waals surface area (Å²) in [6.45, 7) is 2.33. The van der Waals surface area contributed by atoms with E-state index in [1.807, 2.05) is 27.1 Å². The first-order valence-electron chi connectivity index (χ1n) is 7.08. The number of carbonyl (C=O) groups is 1. The molecule has 1 N–H and O–H groups in total. The third kappa shape index (κ3) is 2.51. The van der Waals surface area contributed by atoms with Crippen molar-refractivity contribution in [3.8, 4) is 11.5 Å². The van der Waals surface area contributed by atoms with E-state index in [0.717, 1.165) is 10.7 Å². The average molecular weight is 299 g/mol. The molecule has 0 bridgehead atoms. The molecule has 2 aromatic rings. The minimum atomic E-state index is -0.223. The lowest BCUT2D eigenvalue weighted by molar-refractivity contribution is -0.872. The molecule has 0 aliphatic carbocycles. The standard InChI is InChI=1S/C17H17NO4/c1-10-4-5-11(21-10)8-15-16(20)12-6-7-14(19)13(9-18(2)3)17(12)22-15/h4-8,19H,9H2,1-3H3. The Morgan fingerprint density at radius 2 is 2.00 bits per heavy atom. The number of carbonyl (C=O) groups excluding carboxylic acids is 1. The van der Waals surface area contributed by atoms with Crippen LogP contribution in [-0.4, -0.2) is 19.9 Å². The number of benzene rings is 1. The van der Waals surface area contributed by atoms with Gasteiger partial charge in [0.1, 0.15) is 23.8 Å². The minimum absolute atomic E-state index is 0.108. The van der Waals surface area contributed by atoms with Crippen LogP contribution in [0.2, 0.25) is 0 Å². The Kier molecular flexibility index (Phi) is 3.50. The maximum atomic E-state index is 12.4. The van der Waals surface area contributed by atoms with E-state index < -0.39 is 0 Å². The summed E-state index contributed by atoms with van der Waals surface area (Å²) in [5.74, 6) is 1.55. The van der Waals surface area contributed by atoms with Gasteiger partial charge in [0.2, 0.25) is 5.78 Å². The van der Waals surface area contributed by atoms with Crippen molar-refractivity contribution in [1.29, 1.82) is 0 Å². The van der Waals surface area contributed by atoms with Crippen LogP contribution >= 0.6 is 0 Å². The zero-order valence-corrected chi connectivity index (χ0v) is 12.7. The highest BCUT2D eigenvalue weighted by atomic mass is 16.5. The summed E-state index contributed by atoms with van der Waals surface area (Å²) in [5, 5.41) is 12.0. The highest BCUT2D eigenvalue weighted by Crippen LogP contribution is 2.38. The predicted molar refractivity (Wildman–Crippen MR) is 78.8 cm³/mol. The molecule has 3 rings (SSSR count). The molecule has 0 fully saturated rings. The maximum Gasteiger partial charge on any atom is 0.232 e. The van der Waals surface area contributed by atoms with E-state index in [1.54, 1.807) is 12.1 Å². The van der Waals surface area contributed by atoms with Crippen LogP contribution in [-0.2, 0) is 6.54 Å². The van der Waals surface area contributed by atoms with Crippen LogP contribution in [0.3, 0.4) is 0 Å². The van der Waals surface area contributed by atoms with Crippen molar-refractivity contribution in [1.82, 2.24) is 0 Å². The molecular formula is C17H17NO4. The Hall–Kier alpha value is -2.53. The summed E-state index contributed by atoms with van der Waals surface area (Å²) in [6.07, 6.45) is 1.56. The third-order valence-corrected chi connectivity index (χ3v) is 3.46. The predicted octanol–water partition coefficient (Wildman–Crippen LogP) is 0.922. The van der Waals surface area contributed by atoms with Crippen LogP contribution in [0.15, 0.2) is 34.4 Å². The Labute approximate surface area is 128 Å². The highest BCUT2D eigenvalue weighted by molar-refractivity contribution is 6.14. The number of ketones is 1. The molecule has 0 amide bonds. The molecule has 0 atom stereocenters. The van der Waals surface area contributed by atoms with Crippen LogP contribution < -0.4 is 14.7 Å². The second-order valence-electron chi connectivity index (χ2n) is 5.69. The maximum absolute atomic E-state index is 12.4. The Balaban J connectivity index is 2.01. The van der Waals surface area contributed by atoms with Crippen molar-refractivity contribution in [2.75, 3.05) is 14.1 Å². The fraction of sp³-hybridized carbons (Fsp3) is 0.235. The van der Waals surface area contributed by atoms with E-state index >= 15 is 0 Å². The normalized spacial score (nSPS) is 15.5. The summed E-state index contributed by atoms with van der Waals surface area (Å²) in [5.41, 5.74) is 0.968. The van der Waals surface area contributed by atoms with Gasteiger partial charge < -0.3 is 19.2 Å². The van der Waals surface area contributed by atoms with Gasteiger partial charge in [0.05, 0.1) is 19.7 Å². The SMILES string of the molecule is Cc1ccc(C=C2Oc3c(ccc([O-])c3C[NH+](C)C)C2=O)o1.